The lowest BCUT2D eigenvalue weighted by Gasteiger charge is -2.29. The van der Waals surface area contributed by atoms with Gasteiger partial charge >= 0.3 is 0 Å². The number of hydrogen-bond donors (Lipinski definition) is 1. The van der Waals surface area contributed by atoms with Gasteiger partial charge in [-0.1, -0.05) is 6.07 Å². The number of benzene rings is 1. The van der Waals surface area contributed by atoms with E-state index in [1.807, 2.05) is 11.8 Å². The van der Waals surface area contributed by atoms with E-state index in [0.717, 1.165) is 18.8 Å². The first-order valence-electron chi connectivity index (χ1n) is 6.61. The molecule has 1 aromatic carbocycles. The first kappa shape index (κ1) is 12.3. The van der Waals surface area contributed by atoms with E-state index in [1.165, 1.54) is 35.8 Å². The quantitative estimate of drug-likeness (QED) is 0.899. The number of fused-ring (bicyclic) bond motifs is 1. The van der Waals surface area contributed by atoms with Gasteiger partial charge in [0, 0.05) is 54.9 Å². The van der Waals surface area contributed by atoms with Gasteiger partial charge in [-0.25, -0.2) is 0 Å². The SMILES string of the molecule is COc1cccc2c1C(CN1CCNCC1)CS2. The van der Waals surface area contributed by atoms with Gasteiger partial charge in [0.1, 0.15) is 5.75 Å². The molecule has 1 N–H and O–H groups in total. The van der Waals surface area contributed by atoms with Crippen molar-refractivity contribution in [3.8, 4) is 5.75 Å². The molecule has 0 spiro atoms. The lowest BCUT2D eigenvalue weighted by molar-refractivity contribution is 0.230. The summed E-state index contributed by atoms with van der Waals surface area (Å²) < 4.78 is 5.53. The highest BCUT2D eigenvalue weighted by Crippen LogP contribution is 2.44. The Morgan fingerprint density at radius 3 is 3.00 bits per heavy atom. The highest BCUT2D eigenvalue weighted by Gasteiger charge is 2.28. The van der Waals surface area contributed by atoms with Crippen LogP contribution in [0.2, 0.25) is 0 Å². The first-order valence-corrected chi connectivity index (χ1v) is 7.60. The van der Waals surface area contributed by atoms with Gasteiger partial charge in [-0.05, 0) is 12.1 Å². The zero-order valence-corrected chi connectivity index (χ0v) is 11.6. The topological polar surface area (TPSA) is 24.5 Å². The Kier molecular flexibility index (Phi) is 3.77. The van der Waals surface area contributed by atoms with Crippen LogP contribution in [0.3, 0.4) is 0 Å². The van der Waals surface area contributed by atoms with Crippen molar-refractivity contribution in [2.75, 3.05) is 45.6 Å². The molecule has 0 aromatic heterocycles. The maximum atomic E-state index is 5.53. The fraction of sp³-hybridized carbons (Fsp3) is 0.571. The molecule has 2 heterocycles. The molecule has 1 aromatic rings. The fourth-order valence-electron chi connectivity index (χ4n) is 2.85. The van der Waals surface area contributed by atoms with Gasteiger partial charge in [0.25, 0.3) is 0 Å². The molecular formula is C14H20N2OS. The summed E-state index contributed by atoms with van der Waals surface area (Å²) in [5.41, 5.74) is 1.43. The number of thioether (sulfide) groups is 1. The highest BCUT2D eigenvalue weighted by atomic mass is 32.2. The summed E-state index contributed by atoms with van der Waals surface area (Å²) in [7, 11) is 1.78. The van der Waals surface area contributed by atoms with Gasteiger partial charge < -0.3 is 15.0 Å². The summed E-state index contributed by atoms with van der Waals surface area (Å²) in [6.45, 7) is 5.76. The number of rotatable bonds is 3. The molecule has 1 atom stereocenters. The van der Waals surface area contributed by atoms with Crippen molar-refractivity contribution in [1.29, 1.82) is 0 Å². The Labute approximate surface area is 113 Å². The van der Waals surface area contributed by atoms with Crippen LogP contribution in [0.15, 0.2) is 23.1 Å². The molecule has 2 aliphatic rings. The van der Waals surface area contributed by atoms with Crippen molar-refractivity contribution in [2.45, 2.75) is 10.8 Å². The lowest BCUT2D eigenvalue weighted by atomic mass is 9.99. The standard InChI is InChI=1S/C14H20N2OS/c1-17-12-3-2-4-13-14(12)11(10-18-13)9-16-7-5-15-6-8-16/h2-4,11,15H,5-10H2,1H3. The monoisotopic (exact) mass is 264 g/mol. The third kappa shape index (κ3) is 2.37. The summed E-state index contributed by atoms with van der Waals surface area (Å²) in [5, 5.41) is 3.41. The second kappa shape index (κ2) is 5.51. The van der Waals surface area contributed by atoms with Crippen molar-refractivity contribution in [2.24, 2.45) is 0 Å². The van der Waals surface area contributed by atoms with Crippen LogP contribution >= 0.6 is 11.8 Å². The van der Waals surface area contributed by atoms with E-state index in [1.54, 1.807) is 7.11 Å². The van der Waals surface area contributed by atoms with Crippen LogP contribution in [-0.2, 0) is 0 Å². The molecular weight excluding hydrogens is 244 g/mol. The Balaban J connectivity index is 1.76. The molecule has 1 unspecified atom stereocenters. The first-order chi connectivity index (χ1) is 8.88. The van der Waals surface area contributed by atoms with Gasteiger partial charge in [-0.2, -0.15) is 0 Å². The van der Waals surface area contributed by atoms with Gasteiger partial charge in [0.05, 0.1) is 7.11 Å². The Hall–Kier alpha value is -0.710. The number of nitrogens with one attached hydrogen (secondary N) is 1. The predicted octanol–water partition coefficient (Wildman–Crippen LogP) is 1.79. The average molecular weight is 264 g/mol. The molecule has 18 heavy (non-hydrogen) atoms. The molecule has 1 fully saturated rings. The third-order valence-corrected chi connectivity index (χ3v) is 5.02. The minimum Gasteiger partial charge on any atom is -0.496 e. The molecule has 1 saturated heterocycles. The summed E-state index contributed by atoms with van der Waals surface area (Å²) >= 11 is 1.97. The minimum atomic E-state index is 0.624. The van der Waals surface area contributed by atoms with Gasteiger partial charge in [-0.15, -0.1) is 11.8 Å². The van der Waals surface area contributed by atoms with E-state index in [-0.39, 0.29) is 0 Å². The molecule has 0 amide bonds. The van der Waals surface area contributed by atoms with Crippen LogP contribution in [-0.4, -0.2) is 50.5 Å². The molecule has 98 valence electrons. The molecule has 3 rings (SSSR count). The normalized spacial score (nSPS) is 23.9. The zero-order chi connectivity index (χ0) is 12.4. The Morgan fingerprint density at radius 2 is 2.22 bits per heavy atom. The lowest BCUT2D eigenvalue weighted by Crippen LogP contribution is -2.45. The van der Waals surface area contributed by atoms with E-state index >= 15 is 0 Å². The molecule has 0 aliphatic carbocycles. The summed E-state index contributed by atoms with van der Waals surface area (Å²) in [6.07, 6.45) is 0. The van der Waals surface area contributed by atoms with Gasteiger partial charge in [-0.3, -0.25) is 0 Å². The van der Waals surface area contributed by atoms with E-state index < -0.39 is 0 Å². The van der Waals surface area contributed by atoms with Crippen LogP contribution in [0.4, 0.5) is 0 Å². The second-order valence-corrected chi connectivity index (χ2v) is 5.99. The largest absolute Gasteiger partial charge is 0.496 e. The van der Waals surface area contributed by atoms with Crippen LogP contribution in [0.25, 0.3) is 0 Å². The molecule has 4 heteroatoms. The van der Waals surface area contributed by atoms with Crippen molar-refractivity contribution < 1.29 is 4.74 Å². The maximum Gasteiger partial charge on any atom is 0.123 e. The highest BCUT2D eigenvalue weighted by molar-refractivity contribution is 7.99. The molecule has 0 bridgehead atoms. The van der Waals surface area contributed by atoms with Crippen molar-refractivity contribution in [1.82, 2.24) is 10.2 Å². The summed E-state index contributed by atoms with van der Waals surface area (Å²) in [5.74, 6) is 2.89. The van der Waals surface area contributed by atoms with Crippen LogP contribution in [0.1, 0.15) is 11.5 Å². The van der Waals surface area contributed by atoms with E-state index in [4.69, 9.17) is 4.74 Å². The van der Waals surface area contributed by atoms with Gasteiger partial charge in [0.15, 0.2) is 0 Å². The summed E-state index contributed by atoms with van der Waals surface area (Å²) in [4.78, 5) is 3.98. The average Bonchev–Trinajstić information content (AvgIpc) is 2.83. The van der Waals surface area contributed by atoms with Crippen molar-refractivity contribution in [3.05, 3.63) is 23.8 Å². The van der Waals surface area contributed by atoms with Crippen LogP contribution in [0, 0.1) is 0 Å². The number of methoxy groups -OCH3 is 1. The van der Waals surface area contributed by atoms with E-state index in [9.17, 15) is 0 Å². The molecule has 2 aliphatic heterocycles. The fourth-order valence-corrected chi connectivity index (χ4v) is 4.10. The van der Waals surface area contributed by atoms with E-state index in [2.05, 4.69) is 28.4 Å². The van der Waals surface area contributed by atoms with Crippen molar-refractivity contribution >= 4 is 11.8 Å². The number of ether oxygens (including phenoxy) is 1. The van der Waals surface area contributed by atoms with Crippen LogP contribution < -0.4 is 10.1 Å². The summed E-state index contributed by atoms with van der Waals surface area (Å²) in [6, 6.07) is 6.41. The Bertz CT molecular complexity index is 418. The molecule has 0 saturated carbocycles. The smallest absolute Gasteiger partial charge is 0.123 e. The van der Waals surface area contributed by atoms with Crippen LogP contribution in [0.5, 0.6) is 5.75 Å². The third-order valence-electron chi connectivity index (χ3n) is 3.78. The minimum absolute atomic E-state index is 0.624. The zero-order valence-electron chi connectivity index (χ0n) is 10.8. The van der Waals surface area contributed by atoms with E-state index in [0.29, 0.717) is 5.92 Å². The Morgan fingerprint density at radius 1 is 1.39 bits per heavy atom. The number of nitrogens with zero attached hydrogens (tertiary/aromatic N) is 1. The number of hydrogen-bond acceptors (Lipinski definition) is 4. The molecule has 0 radical (unpaired) electrons. The molecule has 3 nitrogen and oxygen atoms in total. The predicted molar refractivity (Wildman–Crippen MR) is 75.8 cm³/mol. The van der Waals surface area contributed by atoms with Gasteiger partial charge in [0.2, 0.25) is 0 Å². The maximum absolute atomic E-state index is 5.53. The van der Waals surface area contributed by atoms with Crippen molar-refractivity contribution in [3.63, 3.8) is 0 Å². The number of piperazine rings is 1. The second-order valence-electron chi connectivity index (χ2n) is 4.93.